The number of aromatic nitrogens is 2. The number of piperazine rings is 1. The summed E-state index contributed by atoms with van der Waals surface area (Å²) in [6.07, 6.45) is 0.959. The van der Waals surface area contributed by atoms with Crippen molar-refractivity contribution in [3.63, 3.8) is 0 Å². The van der Waals surface area contributed by atoms with Crippen LogP contribution in [0, 0.1) is 6.92 Å². The topological polar surface area (TPSA) is 74.5 Å². The molecule has 7 nitrogen and oxygen atoms in total. The van der Waals surface area contributed by atoms with E-state index in [1.54, 1.807) is 0 Å². The second-order valence-corrected chi connectivity index (χ2v) is 6.04. The maximum atomic E-state index is 11.9. The molecule has 22 heavy (non-hydrogen) atoms. The summed E-state index contributed by atoms with van der Waals surface area (Å²) < 4.78 is 5.25. The van der Waals surface area contributed by atoms with Gasteiger partial charge in [-0.3, -0.25) is 14.6 Å². The monoisotopic (exact) mass is 309 g/mol. The molecule has 2 heterocycles. The van der Waals surface area contributed by atoms with E-state index < -0.39 is 0 Å². The smallest absolute Gasteiger partial charge is 0.243 e. The van der Waals surface area contributed by atoms with Gasteiger partial charge in [0.15, 0.2) is 5.82 Å². The molecule has 1 N–H and O–H groups in total. The van der Waals surface area contributed by atoms with Crippen molar-refractivity contribution in [1.82, 2.24) is 25.3 Å². The van der Waals surface area contributed by atoms with Crippen molar-refractivity contribution < 1.29 is 9.32 Å². The van der Waals surface area contributed by atoms with Crippen LogP contribution in [-0.4, -0.2) is 64.6 Å². The SMILES string of the molecule is CC[C@@H](C)NC(=O)CN1CCN([C@H](C)c2nc(C)no2)CC1. The summed E-state index contributed by atoms with van der Waals surface area (Å²) in [7, 11) is 0. The number of hydrogen-bond acceptors (Lipinski definition) is 6. The Balaban J connectivity index is 1.77. The summed E-state index contributed by atoms with van der Waals surface area (Å²) in [5.74, 6) is 1.45. The zero-order chi connectivity index (χ0) is 16.1. The van der Waals surface area contributed by atoms with E-state index in [1.165, 1.54) is 0 Å². The molecule has 0 radical (unpaired) electrons. The molecule has 0 spiro atoms. The van der Waals surface area contributed by atoms with Crippen LogP contribution in [-0.2, 0) is 4.79 Å². The Morgan fingerprint density at radius 1 is 1.32 bits per heavy atom. The van der Waals surface area contributed by atoms with Gasteiger partial charge in [-0.05, 0) is 27.2 Å². The summed E-state index contributed by atoms with van der Waals surface area (Å²) in [6, 6.07) is 0.367. The molecular weight excluding hydrogens is 282 g/mol. The van der Waals surface area contributed by atoms with Crippen LogP contribution in [0.1, 0.15) is 44.9 Å². The number of rotatable bonds is 6. The predicted molar refractivity (Wildman–Crippen MR) is 83.4 cm³/mol. The van der Waals surface area contributed by atoms with E-state index in [2.05, 4.69) is 39.1 Å². The molecule has 1 fully saturated rings. The fraction of sp³-hybridized carbons (Fsp3) is 0.800. The Labute approximate surface area is 132 Å². The molecule has 1 aliphatic rings. The largest absolute Gasteiger partial charge is 0.353 e. The van der Waals surface area contributed by atoms with Gasteiger partial charge in [0.05, 0.1) is 12.6 Å². The molecule has 0 aliphatic carbocycles. The minimum absolute atomic E-state index is 0.114. The first-order chi connectivity index (χ1) is 10.5. The van der Waals surface area contributed by atoms with Crippen LogP contribution < -0.4 is 5.32 Å². The third-order valence-corrected chi connectivity index (χ3v) is 4.24. The number of carbonyl (C=O) groups excluding carboxylic acids is 1. The predicted octanol–water partition coefficient (Wildman–Crippen LogP) is 0.971. The van der Waals surface area contributed by atoms with E-state index in [0.717, 1.165) is 32.6 Å². The molecule has 2 atom stereocenters. The van der Waals surface area contributed by atoms with Gasteiger partial charge in [-0.2, -0.15) is 4.98 Å². The summed E-state index contributed by atoms with van der Waals surface area (Å²) in [6.45, 7) is 12.1. The van der Waals surface area contributed by atoms with E-state index in [9.17, 15) is 4.79 Å². The fourth-order valence-electron chi connectivity index (χ4n) is 2.57. The van der Waals surface area contributed by atoms with E-state index >= 15 is 0 Å². The Kier molecular flexibility index (Phi) is 5.90. The van der Waals surface area contributed by atoms with Crippen LogP contribution in [0.25, 0.3) is 0 Å². The number of aryl methyl sites for hydroxylation is 1. The van der Waals surface area contributed by atoms with Gasteiger partial charge in [0.2, 0.25) is 11.8 Å². The lowest BCUT2D eigenvalue weighted by molar-refractivity contribution is -0.123. The van der Waals surface area contributed by atoms with Gasteiger partial charge in [0.1, 0.15) is 0 Å². The molecule has 0 unspecified atom stereocenters. The second kappa shape index (κ2) is 7.69. The Hall–Kier alpha value is -1.47. The zero-order valence-electron chi connectivity index (χ0n) is 14.0. The van der Waals surface area contributed by atoms with Crippen molar-refractivity contribution in [2.45, 2.75) is 46.2 Å². The quantitative estimate of drug-likeness (QED) is 0.844. The lowest BCUT2D eigenvalue weighted by atomic mass is 10.2. The van der Waals surface area contributed by atoms with Crippen LogP contribution in [0.4, 0.5) is 0 Å². The third kappa shape index (κ3) is 4.51. The first-order valence-corrected chi connectivity index (χ1v) is 8.05. The summed E-state index contributed by atoms with van der Waals surface area (Å²) in [4.78, 5) is 20.7. The summed E-state index contributed by atoms with van der Waals surface area (Å²) >= 11 is 0. The van der Waals surface area contributed by atoms with Gasteiger partial charge in [-0.15, -0.1) is 0 Å². The van der Waals surface area contributed by atoms with E-state index in [4.69, 9.17) is 4.52 Å². The Morgan fingerprint density at radius 2 is 2.00 bits per heavy atom. The highest BCUT2D eigenvalue weighted by atomic mass is 16.5. The van der Waals surface area contributed by atoms with Crippen LogP contribution in [0.2, 0.25) is 0 Å². The minimum Gasteiger partial charge on any atom is -0.353 e. The molecule has 7 heteroatoms. The lowest BCUT2D eigenvalue weighted by Gasteiger charge is -2.36. The van der Waals surface area contributed by atoms with Gasteiger partial charge in [-0.1, -0.05) is 12.1 Å². The fourth-order valence-corrected chi connectivity index (χ4v) is 2.57. The van der Waals surface area contributed by atoms with E-state index in [0.29, 0.717) is 18.3 Å². The van der Waals surface area contributed by atoms with Crippen molar-refractivity contribution in [2.24, 2.45) is 0 Å². The molecule has 1 saturated heterocycles. The number of nitrogens with zero attached hydrogens (tertiary/aromatic N) is 4. The zero-order valence-corrected chi connectivity index (χ0v) is 14.0. The van der Waals surface area contributed by atoms with Crippen LogP contribution in [0.5, 0.6) is 0 Å². The van der Waals surface area contributed by atoms with Gasteiger partial charge >= 0.3 is 0 Å². The van der Waals surface area contributed by atoms with Crippen LogP contribution >= 0.6 is 0 Å². The average Bonchev–Trinajstić information content (AvgIpc) is 2.93. The molecule has 1 aromatic heterocycles. The van der Waals surface area contributed by atoms with E-state index in [-0.39, 0.29) is 18.0 Å². The van der Waals surface area contributed by atoms with E-state index in [1.807, 2.05) is 13.8 Å². The van der Waals surface area contributed by atoms with Crippen molar-refractivity contribution >= 4 is 5.91 Å². The highest BCUT2D eigenvalue weighted by molar-refractivity contribution is 5.78. The first kappa shape index (κ1) is 16.9. The van der Waals surface area contributed by atoms with Gasteiger partial charge in [0, 0.05) is 32.2 Å². The van der Waals surface area contributed by atoms with Crippen molar-refractivity contribution in [2.75, 3.05) is 32.7 Å². The van der Waals surface area contributed by atoms with Gasteiger partial charge in [0.25, 0.3) is 0 Å². The highest BCUT2D eigenvalue weighted by Crippen LogP contribution is 2.19. The molecule has 0 saturated carbocycles. The molecule has 1 aliphatic heterocycles. The number of nitrogens with one attached hydrogen (secondary N) is 1. The first-order valence-electron chi connectivity index (χ1n) is 8.05. The van der Waals surface area contributed by atoms with Crippen LogP contribution in [0.3, 0.4) is 0 Å². The summed E-state index contributed by atoms with van der Waals surface area (Å²) in [5, 5.41) is 6.86. The average molecular weight is 309 g/mol. The third-order valence-electron chi connectivity index (χ3n) is 4.24. The van der Waals surface area contributed by atoms with Crippen molar-refractivity contribution in [3.05, 3.63) is 11.7 Å². The number of carbonyl (C=O) groups is 1. The molecule has 0 bridgehead atoms. The molecule has 2 rings (SSSR count). The maximum Gasteiger partial charge on any atom is 0.243 e. The second-order valence-electron chi connectivity index (χ2n) is 6.04. The molecule has 1 aromatic rings. The van der Waals surface area contributed by atoms with Crippen molar-refractivity contribution in [3.8, 4) is 0 Å². The Bertz CT molecular complexity index is 482. The standard InChI is InChI=1S/C15H27N5O2/c1-5-11(2)16-14(21)10-19-6-8-20(9-7-19)12(3)15-17-13(4)18-22-15/h11-12H,5-10H2,1-4H3,(H,16,21)/t11-,12-/m1/s1. The molecular formula is C15H27N5O2. The molecule has 1 amide bonds. The number of hydrogen-bond donors (Lipinski definition) is 1. The number of amides is 1. The Morgan fingerprint density at radius 3 is 2.55 bits per heavy atom. The van der Waals surface area contributed by atoms with Gasteiger partial charge < -0.3 is 9.84 Å². The highest BCUT2D eigenvalue weighted by Gasteiger charge is 2.26. The summed E-state index contributed by atoms with van der Waals surface area (Å²) in [5.41, 5.74) is 0. The molecule has 0 aromatic carbocycles. The van der Waals surface area contributed by atoms with Crippen LogP contribution in [0.15, 0.2) is 4.52 Å². The lowest BCUT2D eigenvalue weighted by Crippen LogP contribution is -2.50. The maximum absolute atomic E-state index is 11.9. The normalized spacial score (nSPS) is 19.8. The minimum atomic E-state index is 0.114. The molecule has 124 valence electrons. The van der Waals surface area contributed by atoms with Gasteiger partial charge in [-0.25, -0.2) is 0 Å². The van der Waals surface area contributed by atoms with Crippen molar-refractivity contribution in [1.29, 1.82) is 0 Å².